The predicted molar refractivity (Wildman–Crippen MR) is 73.3 cm³/mol. The number of Topliss-reactive ketones (excluding diaryl/α,β-unsaturated/α-hetero) is 1. The van der Waals surface area contributed by atoms with Gasteiger partial charge in [-0.25, -0.2) is 0 Å². The minimum Gasteiger partial charge on any atom is -0.322 e. The molecule has 1 heterocycles. The van der Waals surface area contributed by atoms with Crippen LogP contribution in [0, 0.1) is 0 Å². The van der Waals surface area contributed by atoms with Crippen LogP contribution >= 0.6 is 0 Å². The van der Waals surface area contributed by atoms with Crippen molar-refractivity contribution in [2.45, 2.75) is 13.3 Å². The topological polar surface area (TPSA) is 59.1 Å². The van der Waals surface area contributed by atoms with Gasteiger partial charge in [-0.1, -0.05) is 19.1 Å². The molecular weight excluding hydrogens is 240 g/mol. The second kappa shape index (κ2) is 5.91. The van der Waals surface area contributed by atoms with E-state index in [-0.39, 0.29) is 11.7 Å². The molecule has 0 atom stereocenters. The number of nitrogens with one attached hydrogen (secondary N) is 1. The number of aromatic nitrogens is 1. The van der Waals surface area contributed by atoms with Gasteiger partial charge in [0.1, 0.15) is 0 Å². The molecule has 4 heteroatoms. The fourth-order valence-electron chi connectivity index (χ4n) is 1.65. The highest BCUT2D eigenvalue weighted by Crippen LogP contribution is 2.10. The van der Waals surface area contributed by atoms with Crippen molar-refractivity contribution in [2.75, 3.05) is 5.32 Å². The quantitative estimate of drug-likeness (QED) is 0.853. The van der Waals surface area contributed by atoms with Crippen molar-refractivity contribution in [3.05, 3.63) is 59.9 Å². The van der Waals surface area contributed by atoms with E-state index in [0.717, 1.165) is 0 Å². The number of carbonyl (C=O) groups excluding carboxylic acids is 2. The minimum absolute atomic E-state index is 0.0705. The molecule has 2 aromatic rings. The smallest absolute Gasteiger partial charge is 0.255 e. The Morgan fingerprint density at radius 2 is 1.58 bits per heavy atom. The zero-order valence-electron chi connectivity index (χ0n) is 10.6. The van der Waals surface area contributed by atoms with Gasteiger partial charge in [-0.05, 0) is 24.3 Å². The van der Waals surface area contributed by atoms with Crippen molar-refractivity contribution in [1.82, 2.24) is 4.98 Å². The van der Waals surface area contributed by atoms with Crippen molar-refractivity contribution < 1.29 is 9.59 Å². The molecule has 0 aliphatic carbocycles. The van der Waals surface area contributed by atoms with Crippen molar-refractivity contribution in [3.8, 4) is 0 Å². The molecule has 0 unspecified atom stereocenters. The highest BCUT2D eigenvalue weighted by Gasteiger charge is 2.07. The van der Waals surface area contributed by atoms with Crippen LogP contribution in [0.15, 0.2) is 48.8 Å². The first-order chi connectivity index (χ1) is 9.20. The Labute approximate surface area is 111 Å². The normalized spacial score (nSPS) is 9.95. The van der Waals surface area contributed by atoms with Gasteiger partial charge in [-0.2, -0.15) is 0 Å². The van der Waals surface area contributed by atoms with Crippen LogP contribution in [0.1, 0.15) is 34.1 Å². The number of carbonyl (C=O) groups is 2. The van der Waals surface area contributed by atoms with Crippen LogP contribution in [0.3, 0.4) is 0 Å². The lowest BCUT2D eigenvalue weighted by Gasteiger charge is -2.05. The average Bonchev–Trinajstić information content (AvgIpc) is 2.47. The molecule has 0 aliphatic rings. The highest BCUT2D eigenvalue weighted by molar-refractivity contribution is 6.05. The summed E-state index contributed by atoms with van der Waals surface area (Å²) in [5.74, 6) is -0.136. The third kappa shape index (κ3) is 3.25. The lowest BCUT2D eigenvalue weighted by molar-refractivity contribution is 0.0984. The second-order valence-electron chi connectivity index (χ2n) is 4.04. The van der Waals surface area contributed by atoms with E-state index < -0.39 is 0 Å². The molecule has 0 spiro atoms. The summed E-state index contributed by atoms with van der Waals surface area (Å²) in [6.07, 6.45) is 3.68. The minimum atomic E-state index is -0.207. The number of hydrogen-bond donors (Lipinski definition) is 1. The van der Waals surface area contributed by atoms with Gasteiger partial charge in [0.05, 0.1) is 0 Å². The summed E-state index contributed by atoms with van der Waals surface area (Å²) in [7, 11) is 0. The van der Waals surface area contributed by atoms with Crippen molar-refractivity contribution >= 4 is 17.4 Å². The van der Waals surface area contributed by atoms with Gasteiger partial charge >= 0.3 is 0 Å². The number of nitrogens with zero attached hydrogens (tertiary/aromatic N) is 1. The predicted octanol–water partition coefficient (Wildman–Crippen LogP) is 2.93. The van der Waals surface area contributed by atoms with Crippen molar-refractivity contribution in [2.24, 2.45) is 0 Å². The van der Waals surface area contributed by atoms with Crippen LogP contribution in [0.25, 0.3) is 0 Å². The van der Waals surface area contributed by atoms with Crippen molar-refractivity contribution in [3.63, 3.8) is 0 Å². The first kappa shape index (κ1) is 13.0. The Kier molecular flexibility index (Phi) is 4.03. The summed E-state index contributed by atoms with van der Waals surface area (Å²) in [4.78, 5) is 27.3. The molecule has 0 aliphatic heterocycles. The fourth-order valence-corrected chi connectivity index (χ4v) is 1.65. The van der Waals surface area contributed by atoms with E-state index in [2.05, 4.69) is 10.3 Å². The number of amides is 1. The molecule has 0 saturated carbocycles. The number of pyridine rings is 1. The third-order valence-corrected chi connectivity index (χ3v) is 2.73. The number of ketones is 1. The van der Waals surface area contributed by atoms with Crippen LogP contribution < -0.4 is 5.32 Å². The van der Waals surface area contributed by atoms with Gasteiger partial charge in [0.25, 0.3) is 5.91 Å². The summed E-state index contributed by atoms with van der Waals surface area (Å²) in [5, 5.41) is 2.76. The van der Waals surface area contributed by atoms with Gasteiger partial charge in [0.15, 0.2) is 5.78 Å². The molecule has 0 saturated heterocycles. The first-order valence-corrected chi connectivity index (χ1v) is 6.05. The molecule has 4 nitrogen and oxygen atoms in total. The van der Waals surface area contributed by atoms with E-state index in [4.69, 9.17) is 0 Å². The molecule has 0 fully saturated rings. The molecule has 0 radical (unpaired) electrons. The third-order valence-electron chi connectivity index (χ3n) is 2.73. The van der Waals surface area contributed by atoms with E-state index in [9.17, 15) is 9.59 Å². The Morgan fingerprint density at radius 1 is 1.00 bits per heavy atom. The number of benzene rings is 1. The van der Waals surface area contributed by atoms with E-state index >= 15 is 0 Å². The van der Waals surface area contributed by atoms with E-state index in [1.807, 2.05) is 6.92 Å². The van der Waals surface area contributed by atoms with Crippen LogP contribution in [0.4, 0.5) is 5.69 Å². The highest BCUT2D eigenvalue weighted by atomic mass is 16.1. The van der Waals surface area contributed by atoms with Gasteiger partial charge in [-0.15, -0.1) is 0 Å². The number of hydrogen-bond acceptors (Lipinski definition) is 3. The maximum absolute atomic E-state index is 11.9. The molecule has 2 rings (SSSR count). The van der Waals surface area contributed by atoms with Gasteiger partial charge < -0.3 is 5.32 Å². The molecule has 1 aromatic heterocycles. The number of anilines is 1. The Hall–Kier alpha value is -2.49. The van der Waals surface area contributed by atoms with Gasteiger partial charge in [0.2, 0.25) is 0 Å². The van der Waals surface area contributed by atoms with E-state index in [1.165, 1.54) is 0 Å². The van der Waals surface area contributed by atoms with Crippen LogP contribution in [-0.4, -0.2) is 16.7 Å². The number of rotatable bonds is 4. The van der Waals surface area contributed by atoms with E-state index in [0.29, 0.717) is 23.2 Å². The Balaban J connectivity index is 2.10. The zero-order chi connectivity index (χ0) is 13.7. The Bertz CT molecular complexity index is 577. The van der Waals surface area contributed by atoms with Gasteiger partial charge in [-0.3, -0.25) is 14.6 Å². The molecule has 96 valence electrons. The average molecular weight is 254 g/mol. The molecule has 0 bridgehead atoms. The maximum atomic E-state index is 11.9. The first-order valence-electron chi connectivity index (χ1n) is 6.05. The lowest BCUT2D eigenvalue weighted by atomic mass is 10.1. The summed E-state index contributed by atoms with van der Waals surface area (Å²) in [5.41, 5.74) is 1.83. The van der Waals surface area contributed by atoms with Crippen LogP contribution in [0.5, 0.6) is 0 Å². The standard InChI is InChI=1S/C15H14N2O2/c1-2-14(18)11-3-5-12(6-4-11)15(19)17-13-7-9-16-10-8-13/h3-10H,2H2,1H3,(H,16,17,19). The maximum Gasteiger partial charge on any atom is 0.255 e. The summed E-state index contributed by atoms with van der Waals surface area (Å²) >= 11 is 0. The molecular formula is C15H14N2O2. The SMILES string of the molecule is CCC(=O)c1ccc(C(=O)Nc2ccncc2)cc1. The van der Waals surface area contributed by atoms with Crippen LogP contribution in [0.2, 0.25) is 0 Å². The molecule has 1 aromatic carbocycles. The second-order valence-corrected chi connectivity index (χ2v) is 4.04. The largest absolute Gasteiger partial charge is 0.322 e. The van der Waals surface area contributed by atoms with Crippen molar-refractivity contribution in [1.29, 1.82) is 0 Å². The zero-order valence-corrected chi connectivity index (χ0v) is 10.6. The molecule has 1 amide bonds. The fraction of sp³-hybridized carbons (Fsp3) is 0.133. The lowest BCUT2D eigenvalue weighted by Crippen LogP contribution is -2.12. The summed E-state index contributed by atoms with van der Waals surface area (Å²) in [6, 6.07) is 10.1. The summed E-state index contributed by atoms with van der Waals surface area (Å²) in [6.45, 7) is 1.81. The monoisotopic (exact) mass is 254 g/mol. The molecule has 1 N–H and O–H groups in total. The van der Waals surface area contributed by atoms with Gasteiger partial charge in [0, 0.05) is 35.6 Å². The summed E-state index contributed by atoms with van der Waals surface area (Å²) < 4.78 is 0. The van der Waals surface area contributed by atoms with E-state index in [1.54, 1.807) is 48.8 Å². The Morgan fingerprint density at radius 3 is 2.16 bits per heavy atom. The van der Waals surface area contributed by atoms with Crippen LogP contribution in [-0.2, 0) is 0 Å². The molecule has 19 heavy (non-hydrogen) atoms.